The minimum Gasteiger partial charge on any atom is -0.395 e. The molecule has 1 aliphatic heterocycles. The summed E-state index contributed by atoms with van der Waals surface area (Å²) in [6.45, 7) is 0.938. The van der Waals surface area contributed by atoms with Gasteiger partial charge in [-0.05, 0) is 12.8 Å². The summed E-state index contributed by atoms with van der Waals surface area (Å²) in [7, 11) is 0. The molecule has 4 N–H and O–H groups in total. The third-order valence-corrected chi connectivity index (χ3v) is 2.08. The molecule has 0 radical (unpaired) electrons. The van der Waals surface area contributed by atoms with Gasteiger partial charge < -0.3 is 16.2 Å². The zero-order valence-electron chi connectivity index (χ0n) is 6.21. The van der Waals surface area contributed by atoms with Gasteiger partial charge in [-0.25, -0.2) is 0 Å². The lowest BCUT2D eigenvalue weighted by Crippen LogP contribution is -2.47. The van der Waals surface area contributed by atoms with Crippen molar-refractivity contribution in [2.24, 2.45) is 5.73 Å². The van der Waals surface area contributed by atoms with Crippen LogP contribution in [0.25, 0.3) is 0 Å². The Balaban J connectivity index is 2.25. The Morgan fingerprint density at radius 3 is 2.70 bits per heavy atom. The third-order valence-electron chi connectivity index (χ3n) is 2.08. The molecule has 0 amide bonds. The highest BCUT2D eigenvalue weighted by atomic mass is 16.3. The molecule has 3 nitrogen and oxygen atoms in total. The van der Waals surface area contributed by atoms with E-state index in [1.54, 1.807) is 0 Å². The highest BCUT2D eigenvalue weighted by Gasteiger charge is 2.18. The molecule has 1 heterocycles. The average Bonchev–Trinajstić information content (AvgIpc) is 2.05. The zero-order chi connectivity index (χ0) is 7.40. The molecule has 1 rings (SSSR count). The summed E-state index contributed by atoms with van der Waals surface area (Å²) in [6.07, 6.45) is 3.44. The minimum atomic E-state index is 0.247. The predicted octanol–water partition coefficient (Wildman–Crippen LogP) is -0.552. The van der Waals surface area contributed by atoms with Crippen molar-refractivity contribution in [3.05, 3.63) is 0 Å². The van der Waals surface area contributed by atoms with E-state index in [-0.39, 0.29) is 6.61 Å². The van der Waals surface area contributed by atoms with Gasteiger partial charge >= 0.3 is 0 Å². The fourth-order valence-electron chi connectivity index (χ4n) is 1.44. The summed E-state index contributed by atoms with van der Waals surface area (Å²) in [5.74, 6) is 0. The number of nitrogens with one attached hydrogen (secondary N) is 1. The summed E-state index contributed by atoms with van der Waals surface area (Å²) in [5, 5.41) is 12.1. The minimum absolute atomic E-state index is 0.247. The van der Waals surface area contributed by atoms with Crippen molar-refractivity contribution in [2.45, 2.75) is 31.3 Å². The first-order valence-electron chi connectivity index (χ1n) is 3.93. The molecule has 0 unspecified atom stereocenters. The monoisotopic (exact) mass is 144 g/mol. The number of aliphatic hydroxyl groups is 1. The van der Waals surface area contributed by atoms with Crippen LogP contribution in [-0.4, -0.2) is 30.3 Å². The van der Waals surface area contributed by atoms with E-state index < -0.39 is 0 Å². The molecule has 0 bridgehead atoms. The van der Waals surface area contributed by atoms with Crippen LogP contribution in [-0.2, 0) is 0 Å². The van der Waals surface area contributed by atoms with Crippen molar-refractivity contribution in [1.82, 2.24) is 5.32 Å². The molecule has 1 fully saturated rings. The van der Waals surface area contributed by atoms with E-state index in [4.69, 9.17) is 10.8 Å². The Morgan fingerprint density at radius 2 is 2.10 bits per heavy atom. The maximum absolute atomic E-state index is 8.80. The normalized spacial score (nSPS) is 34.2. The molecule has 0 aromatic heterocycles. The molecule has 60 valence electrons. The van der Waals surface area contributed by atoms with E-state index in [1.165, 1.54) is 6.42 Å². The zero-order valence-corrected chi connectivity index (χ0v) is 6.21. The molecular weight excluding hydrogens is 128 g/mol. The van der Waals surface area contributed by atoms with Crippen molar-refractivity contribution >= 4 is 0 Å². The molecule has 3 heteroatoms. The van der Waals surface area contributed by atoms with Crippen LogP contribution in [0.2, 0.25) is 0 Å². The molecule has 0 aliphatic carbocycles. The molecule has 0 aromatic rings. The standard InChI is InChI=1S/C7H16N2O/c8-4-6-2-1-3-7(5-10)9-6/h6-7,9-10H,1-5,8H2/t6-,7+/m1/s1. The number of hydrogen-bond donors (Lipinski definition) is 3. The van der Waals surface area contributed by atoms with Crippen LogP contribution in [0.1, 0.15) is 19.3 Å². The Hall–Kier alpha value is -0.120. The van der Waals surface area contributed by atoms with Crippen LogP contribution in [0.4, 0.5) is 0 Å². The molecule has 0 aromatic carbocycles. The van der Waals surface area contributed by atoms with Crippen LogP contribution in [0, 0.1) is 0 Å². The van der Waals surface area contributed by atoms with Gasteiger partial charge in [-0.1, -0.05) is 6.42 Å². The van der Waals surface area contributed by atoms with Gasteiger partial charge in [-0.2, -0.15) is 0 Å². The summed E-state index contributed by atoms with van der Waals surface area (Å²) in [6, 6.07) is 0.730. The Labute approximate surface area is 61.6 Å². The number of hydrogen-bond acceptors (Lipinski definition) is 3. The summed E-state index contributed by atoms with van der Waals surface area (Å²) in [4.78, 5) is 0. The van der Waals surface area contributed by atoms with Gasteiger partial charge in [0.2, 0.25) is 0 Å². The predicted molar refractivity (Wildman–Crippen MR) is 40.7 cm³/mol. The van der Waals surface area contributed by atoms with E-state index >= 15 is 0 Å². The largest absolute Gasteiger partial charge is 0.395 e. The van der Waals surface area contributed by atoms with Crippen LogP contribution in [0.5, 0.6) is 0 Å². The summed E-state index contributed by atoms with van der Waals surface area (Å²) >= 11 is 0. The molecule has 0 spiro atoms. The van der Waals surface area contributed by atoms with Gasteiger partial charge in [-0.3, -0.25) is 0 Å². The fourth-order valence-corrected chi connectivity index (χ4v) is 1.44. The molecule has 1 aliphatic rings. The lowest BCUT2D eigenvalue weighted by Gasteiger charge is -2.28. The summed E-state index contributed by atoms with van der Waals surface area (Å²) in [5.41, 5.74) is 5.48. The lowest BCUT2D eigenvalue weighted by molar-refractivity contribution is 0.199. The van der Waals surface area contributed by atoms with Gasteiger partial charge in [0.05, 0.1) is 6.61 Å². The van der Waals surface area contributed by atoms with Crippen molar-refractivity contribution in [1.29, 1.82) is 0 Å². The maximum Gasteiger partial charge on any atom is 0.0584 e. The van der Waals surface area contributed by atoms with E-state index in [0.29, 0.717) is 18.6 Å². The second-order valence-electron chi connectivity index (χ2n) is 2.91. The summed E-state index contributed by atoms with van der Waals surface area (Å²) < 4.78 is 0. The molecule has 1 saturated heterocycles. The number of aliphatic hydroxyl groups excluding tert-OH is 1. The Bertz CT molecular complexity index is 87.6. The van der Waals surface area contributed by atoms with Crippen molar-refractivity contribution in [2.75, 3.05) is 13.2 Å². The van der Waals surface area contributed by atoms with Crippen LogP contribution >= 0.6 is 0 Å². The fraction of sp³-hybridized carbons (Fsp3) is 1.00. The van der Waals surface area contributed by atoms with Gasteiger partial charge in [0.15, 0.2) is 0 Å². The second kappa shape index (κ2) is 3.91. The van der Waals surface area contributed by atoms with Crippen LogP contribution in [0.3, 0.4) is 0 Å². The molecular formula is C7H16N2O. The third kappa shape index (κ3) is 1.94. The highest BCUT2D eigenvalue weighted by molar-refractivity contribution is 4.79. The quantitative estimate of drug-likeness (QED) is 0.487. The lowest BCUT2D eigenvalue weighted by atomic mass is 9.99. The van der Waals surface area contributed by atoms with E-state index in [0.717, 1.165) is 12.8 Å². The number of nitrogens with two attached hydrogens (primary N) is 1. The van der Waals surface area contributed by atoms with Gasteiger partial charge in [0.25, 0.3) is 0 Å². The van der Waals surface area contributed by atoms with Crippen LogP contribution in [0.15, 0.2) is 0 Å². The van der Waals surface area contributed by atoms with E-state index in [1.807, 2.05) is 0 Å². The van der Waals surface area contributed by atoms with E-state index in [9.17, 15) is 0 Å². The number of piperidine rings is 1. The Morgan fingerprint density at radius 1 is 1.40 bits per heavy atom. The van der Waals surface area contributed by atoms with Crippen molar-refractivity contribution in [3.63, 3.8) is 0 Å². The average molecular weight is 144 g/mol. The highest BCUT2D eigenvalue weighted by Crippen LogP contribution is 2.10. The van der Waals surface area contributed by atoms with Gasteiger partial charge in [0, 0.05) is 18.6 Å². The molecule has 0 saturated carbocycles. The molecule has 10 heavy (non-hydrogen) atoms. The van der Waals surface area contributed by atoms with E-state index in [2.05, 4.69) is 5.32 Å². The van der Waals surface area contributed by atoms with Crippen molar-refractivity contribution in [3.8, 4) is 0 Å². The van der Waals surface area contributed by atoms with Gasteiger partial charge in [0.1, 0.15) is 0 Å². The molecule has 2 atom stereocenters. The smallest absolute Gasteiger partial charge is 0.0584 e. The maximum atomic E-state index is 8.80. The first kappa shape index (κ1) is 7.98. The number of rotatable bonds is 2. The van der Waals surface area contributed by atoms with Gasteiger partial charge in [-0.15, -0.1) is 0 Å². The first-order valence-corrected chi connectivity index (χ1v) is 3.93. The Kier molecular flexibility index (Phi) is 3.12. The topological polar surface area (TPSA) is 58.3 Å². The second-order valence-corrected chi connectivity index (χ2v) is 2.91. The van der Waals surface area contributed by atoms with Crippen molar-refractivity contribution < 1.29 is 5.11 Å². The SMILES string of the molecule is NC[C@H]1CCC[C@@H](CO)N1. The van der Waals surface area contributed by atoms with Crippen LogP contribution < -0.4 is 11.1 Å². The first-order chi connectivity index (χ1) is 4.86.